The standard InChI is InChI=1S/C16H12N4O3S/c21-16-14-8-4-5-9-15(14)24(22,23)19(16)11-12-10-17-20(18-12)13-6-2-1-3-7-13/h1-10H,11H2. The van der Waals surface area contributed by atoms with Gasteiger partial charge in [-0.15, -0.1) is 0 Å². The molecule has 0 saturated heterocycles. The maximum Gasteiger partial charge on any atom is 0.269 e. The molecule has 0 saturated carbocycles. The van der Waals surface area contributed by atoms with Crippen LogP contribution in [0.3, 0.4) is 0 Å². The van der Waals surface area contributed by atoms with Crippen molar-refractivity contribution >= 4 is 15.9 Å². The third-order valence-corrected chi connectivity index (χ3v) is 5.53. The number of rotatable bonds is 3. The maximum atomic E-state index is 12.5. The molecule has 0 bridgehead atoms. The number of nitrogens with zero attached hydrogens (tertiary/aromatic N) is 4. The van der Waals surface area contributed by atoms with Crippen LogP contribution in [0.15, 0.2) is 65.7 Å². The van der Waals surface area contributed by atoms with Gasteiger partial charge in [-0.2, -0.15) is 15.0 Å². The summed E-state index contributed by atoms with van der Waals surface area (Å²) in [4.78, 5) is 13.8. The van der Waals surface area contributed by atoms with E-state index in [1.807, 2.05) is 30.3 Å². The molecule has 7 nitrogen and oxygen atoms in total. The van der Waals surface area contributed by atoms with Gasteiger partial charge in [-0.25, -0.2) is 12.7 Å². The third kappa shape index (κ3) is 2.19. The number of carbonyl (C=O) groups is 1. The lowest BCUT2D eigenvalue weighted by Gasteiger charge is -2.12. The lowest BCUT2D eigenvalue weighted by atomic mass is 10.2. The van der Waals surface area contributed by atoms with E-state index >= 15 is 0 Å². The van der Waals surface area contributed by atoms with Crippen molar-refractivity contribution in [2.45, 2.75) is 11.4 Å². The number of carbonyl (C=O) groups excluding carboxylic acids is 1. The van der Waals surface area contributed by atoms with Gasteiger partial charge in [0, 0.05) is 0 Å². The molecule has 0 aliphatic carbocycles. The van der Waals surface area contributed by atoms with Crippen LogP contribution in [0.4, 0.5) is 0 Å². The average Bonchev–Trinajstić information content (AvgIpc) is 3.14. The van der Waals surface area contributed by atoms with Crippen LogP contribution in [-0.2, 0) is 16.6 Å². The molecule has 0 fully saturated rings. The number of hydrogen-bond acceptors (Lipinski definition) is 5. The van der Waals surface area contributed by atoms with Crippen LogP contribution in [0, 0.1) is 0 Å². The molecule has 0 radical (unpaired) electrons. The highest BCUT2D eigenvalue weighted by molar-refractivity contribution is 7.90. The molecule has 3 aromatic rings. The van der Waals surface area contributed by atoms with Gasteiger partial charge in [0.15, 0.2) is 0 Å². The number of aromatic nitrogens is 3. The van der Waals surface area contributed by atoms with E-state index in [2.05, 4.69) is 10.2 Å². The molecule has 120 valence electrons. The van der Waals surface area contributed by atoms with Crippen LogP contribution < -0.4 is 0 Å². The summed E-state index contributed by atoms with van der Waals surface area (Å²) in [5.74, 6) is -0.542. The minimum atomic E-state index is -3.84. The minimum Gasteiger partial charge on any atom is -0.268 e. The molecule has 1 aliphatic heterocycles. The molecular weight excluding hydrogens is 328 g/mol. The molecule has 1 amide bonds. The highest BCUT2D eigenvalue weighted by Gasteiger charge is 2.41. The van der Waals surface area contributed by atoms with Gasteiger partial charge >= 0.3 is 0 Å². The fraction of sp³-hybridized carbons (Fsp3) is 0.0625. The van der Waals surface area contributed by atoms with Crippen molar-refractivity contribution in [3.8, 4) is 5.69 Å². The Morgan fingerprint density at radius 2 is 1.67 bits per heavy atom. The zero-order valence-corrected chi connectivity index (χ0v) is 13.2. The zero-order chi connectivity index (χ0) is 16.7. The highest BCUT2D eigenvalue weighted by Crippen LogP contribution is 2.30. The van der Waals surface area contributed by atoms with Gasteiger partial charge in [0.25, 0.3) is 15.9 Å². The molecule has 0 unspecified atom stereocenters. The second-order valence-corrected chi connectivity index (χ2v) is 7.10. The fourth-order valence-corrected chi connectivity index (χ4v) is 4.13. The van der Waals surface area contributed by atoms with Crippen LogP contribution >= 0.6 is 0 Å². The molecule has 1 aliphatic rings. The van der Waals surface area contributed by atoms with E-state index in [4.69, 9.17) is 0 Å². The Morgan fingerprint density at radius 3 is 2.42 bits per heavy atom. The Hall–Kier alpha value is -3.00. The molecule has 2 heterocycles. The molecule has 0 N–H and O–H groups in total. The number of benzene rings is 2. The molecule has 0 spiro atoms. The summed E-state index contributed by atoms with van der Waals surface area (Å²) in [6.45, 7) is -0.150. The van der Waals surface area contributed by atoms with E-state index in [1.54, 1.807) is 12.1 Å². The van der Waals surface area contributed by atoms with E-state index in [0.717, 1.165) is 9.99 Å². The molecule has 1 aromatic heterocycles. The topological polar surface area (TPSA) is 85.2 Å². The number of para-hydroxylation sites is 1. The number of sulfonamides is 1. The van der Waals surface area contributed by atoms with Crippen molar-refractivity contribution in [1.29, 1.82) is 0 Å². The SMILES string of the molecule is O=C1c2ccccc2S(=O)(=O)N1Cc1cnn(-c2ccccc2)n1. The first-order valence-electron chi connectivity index (χ1n) is 7.20. The van der Waals surface area contributed by atoms with E-state index in [0.29, 0.717) is 5.69 Å². The summed E-state index contributed by atoms with van der Waals surface area (Å²) in [6, 6.07) is 15.4. The summed E-state index contributed by atoms with van der Waals surface area (Å²) < 4.78 is 25.9. The Labute approximate surface area is 138 Å². The summed E-state index contributed by atoms with van der Waals surface area (Å²) in [6.07, 6.45) is 1.46. The lowest BCUT2D eigenvalue weighted by molar-refractivity contribution is 0.0864. The second-order valence-electron chi connectivity index (χ2n) is 5.27. The van der Waals surface area contributed by atoms with Gasteiger partial charge in [-0.1, -0.05) is 30.3 Å². The Bertz CT molecular complexity index is 1030. The fourth-order valence-electron chi connectivity index (χ4n) is 2.59. The van der Waals surface area contributed by atoms with Crippen LogP contribution in [0.2, 0.25) is 0 Å². The summed E-state index contributed by atoms with van der Waals surface area (Å²) in [7, 11) is -3.84. The van der Waals surface area contributed by atoms with Crippen LogP contribution in [0.5, 0.6) is 0 Å². The predicted molar refractivity (Wildman–Crippen MR) is 84.9 cm³/mol. The lowest BCUT2D eigenvalue weighted by Crippen LogP contribution is -2.29. The average molecular weight is 340 g/mol. The third-order valence-electron chi connectivity index (χ3n) is 3.74. The molecule has 24 heavy (non-hydrogen) atoms. The molecule has 4 rings (SSSR count). The summed E-state index contributed by atoms with van der Waals surface area (Å²) in [5, 5.41) is 8.38. The monoisotopic (exact) mass is 340 g/mol. The Balaban J connectivity index is 1.66. The zero-order valence-electron chi connectivity index (χ0n) is 12.4. The van der Waals surface area contributed by atoms with Gasteiger partial charge in [-0.05, 0) is 24.3 Å². The molecule has 8 heteroatoms. The quantitative estimate of drug-likeness (QED) is 0.723. The van der Waals surface area contributed by atoms with Crippen molar-refractivity contribution < 1.29 is 13.2 Å². The molecule has 0 atom stereocenters. The van der Waals surface area contributed by atoms with Gasteiger partial charge in [0.2, 0.25) is 0 Å². The molecular formula is C16H12N4O3S. The van der Waals surface area contributed by atoms with E-state index in [-0.39, 0.29) is 17.0 Å². The first-order valence-corrected chi connectivity index (χ1v) is 8.64. The van der Waals surface area contributed by atoms with Crippen molar-refractivity contribution in [2.75, 3.05) is 0 Å². The van der Waals surface area contributed by atoms with Crippen molar-refractivity contribution in [3.63, 3.8) is 0 Å². The maximum absolute atomic E-state index is 12.5. The smallest absolute Gasteiger partial charge is 0.268 e. The Morgan fingerprint density at radius 1 is 0.958 bits per heavy atom. The van der Waals surface area contributed by atoms with Gasteiger partial charge in [0.1, 0.15) is 10.6 Å². The summed E-state index contributed by atoms with van der Waals surface area (Å²) in [5.41, 5.74) is 1.33. The highest BCUT2D eigenvalue weighted by atomic mass is 32.2. The first-order chi connectivity index (χ1) is 11.6. The second kappa shape index (κ2) is 5.27. The van der Waals surface area contributed by atoms with Crippen LogP contribution in [0.1, 0.15) is 16.1 Å². The normalized spacial score (nSPS) is 15.5. The van der Waals surface area contributed by atoms with Gasteiger partial charge in [-0.3, -0.25) is 4.79 Å². The van der Waals surface area contributed by atoms with E-state index < -0.39 is 15.9 Å². The van der Waals surface area contributed by atoms with Gasteiger partial charge in [0.05, 0.1) is 24.0 Å². The minimum absolute atomic E-state index is 0.0328. The number of hydrogen-bond donors (Lipinski definition) is 0. The number of fused-ring (bicyclic) bond motifs is 1. The van der Waals surface area contributed by atoms with Crippen molar-refractivity contribution in [2.24, 2.45) is 0 Å². The van der Waals surface area contributed by atoms with Crippen molar-refractivity contribution in [3.05, 3.63) is 72.1 Å². The predicted octanol–water partition coefficient (Wildman–Crippen LogP) is 1.61. The van der Waals surface area contributed by atoms with E-state index in [9.17, 15) is 13.2 Å². The van der Waals surface area contributed by atoms with Crippen LogP contribution in [0.25, 0.3) is 5.69 Å². The van der Waals surface area contributed by atoms with Crippen molar-refractivity contribution in [1.82, 2.24) is 19.3 Å². The Kier molecular flexibility index (Phi) is 3.20. The van der Waals surface area contributed by atoms with E-state index in [1.165, 1.54) is 23.1 Å². The summed E-state index contributed by atoms with van der Waals surface area (Å²) >= 11 is 0. The van der Waals surface area contributed by atoms with Crippen LogP contribution in [-0.4, -0.2) is 33.6 Å². The number of amides is 1. The molecule has 2 aromatic carbocycles. The largest absolute Gasteiger partial charge is 0.269 e. The first kappa shape index (κ1) is 14.6. The van der Waals surface area contributed by atoms with Gasteiger partial charge < -0.3 is 0 Å².